The van der Waals surface area contributed by atoms with Gasteiger partial charge in [-0.25, -0.2) is 0 Å². The number of rotatable bonds is 26. The van der Waals surface area contributed by atoms with Crippen LogP contribution in [0.3, 0.4) is 0 Å². The molecule has 0 aliphatic carbocycles. The Bertz CT molecular complexity index is 1520. The number of esters is 5. The fourth-order valence-corrected chi connectivity index (χ4v) is 7.20. The number of likely N-dealkylation sites (N-methyl/N-ethyl adjacent to an activating group) is 2. The summed E-state index contributed by atoms with van der Waals surface area (Å²) in [5.74, 6) is -4.00. The molecule has 0 radical (unpaired) electrons. The van der Waals surface area contributed by atoms with Crippen LogP contribution in [0.25, 0.3) is 0 Å². The topological polar surface area (TPSA) is 190 Å². The molecule has 0 aromatic carbocycles. The second-order valence-corrected chi connectivity index (χ2v) is 21.3. The first-order valence-corrected chi connectivity index (χ1v) is 22.4. The summed E-state index contributed by atoms with van der Waals surface area (Å²) in [5, 5.41) is 5.76. The first-order chi connectivity index (χ1) is 27.0. The lowest BCUT2D eigenvalue weighted by Crippen LogP contribution is -2.52. The number of alkyl halides is 2. The van der Waals surface area contributed by atoms with E-state index in [1.54, 1.807) is 69.2 Å². The zero-order valence-corrected chi connectivity index (χ0v) is 42.6. The van der Waals surface area contributed by atoms with Crippen molar-refractivity contribution in [1.82, 2.24) is 10.6 Å². The Morgan fingerprint density at radius 1 is 0.533 bits per heavy atom. The van der Waals surface area contributed by atoms with E-state index in [-0.39, 0.29) is 56.6 Å². The van der Waals surface area contributed by atoms with Gasteiger partial charge in [0.05, 0.1) is 82.5 Å². The van der Waals surface area contributed by atoms with E-state index < -0.39 is 80.3 Å². The van der Waals surface area contributed by atoms with Crippen molar-refractivity contribution in [2.75, 3.05) is 106 Å². The van der Waals surface area contributed by atoms with E-state index >= 15 is 0 Å². The van der Waals surface area contributed by atoms with E-state index in [9.17, 15) is 33.6 Å². The predicted molar refractivity (Wildman–Crippen MR) is 235 cm³/mol. The zero-order valence-electron chi connectivity index (χ0n) is 39.4. The summed E-state index contributed by atoms with van der Waals surface area (Å²) >= 11 is 6.76. The number of hydrogen-bond donors (Lipinski definition) is 2. The number of carbonyl (C=O) groups is 7. The minimum absolute atomic E-state index is 0.0484. The van der Waals surface area contributed by atoms with Crippen molar-refractivity contribution in [3.8, 4) is 0 Å². The van der Waals surface area contributed by atoms with Crippen LogP contribution >= 0.6 is 31.9 Å². The van der Waals surface area contributed by atoms with E-state index in [2.05, 4.69) is 42.5 Å². The maximum Gasteiger partial charge on any atom is 0.314 e. The molecule has 0 rings (SSSR count). The molecular weight excluding hydrogens is 912 g/mol. The number of ether oxygens (including phenoxy) is 5. The van der Waals surface area contributed by atoms with Crippen LogP contribution in [-0.4, -0.2) is 162 Å². The molecule has 0 aliphatic rings. The number of nitrogens with one attached hydrogen (secondary N) is 2. The van der Waals surface area contributed by atoms with E-state index in [1.807, 2.05) is 42.3 Å². The van der Waals surface area contributed by atoms with Gasteiger partial charge < -0.3 is 43.3 Å². The summed E-state index contributed by atoms with van der Waals surface area (Å²) in [7, 11) is 11.9. The zero-order chi connectivity index (χ0) is 47.3. The Balaban J connectivity index is 5.50. The first-order valence-electron chi connectivity index (χ1n) is 20.2. The number of hydrogen-bond acceptors (Lipinski definition) is 12. The normalized spacial score (nSPS) is 15.3. The molecule has 348 valence electrons. The highest BCUT2D eigenvalue weighted by molar-refractivity contribution is 9.09. The van der Waals surface area contributed by atoms with Gasteiger partial charge in [-0.1, -0.05) is 45.7 Å². The average Bonchev–Trinajstić information content (AvgIpc) is 3.11. The molecule has 0 bridgehead atoms. The molecule has 3 unspecified atom stereocenters. The standard InChI is InChI=1S/C42H74Br2N4O12/c1-29(49)60-30(38(4,5)32(51)46-19-23-57-34(53)40(8,9)42(11,28-44)36(55)59-25-21-48(15,16)17)26-37(2,3)31(50)45-18-22-56-33(52)39(6,7)41(10,27-43)35(54)58-24-20-47(12,13)14/h30H,18-28H2,1-17H3/p+2. The Kier molecular flexibility index (Phi) is 21.4. The van der Waals surface area contributed by atoms with E-state index in [0.717, 1.165) is 0 Å². The minimum atomic E-state index is -1.34. The van der Waals surface area contributed by atoms with Crippen LogP contribution in [0.15, 0.2) is 0 Å². The van der Waals surface area contributed by atoms with Crippen molar-refractivity contribution in [3.05, 3.63) is 0 Å². The molecule has 0 saturated carbocycles. The molecule has 0 aromatic heterocycles. The van der Waals surface area contributed by atoms with E-state index in [0.29, 0.717) is 22.1 Å². The van der Waals surface area contributed by atoms with Crippen molar-refractivity contribution < 1.29 is 66.2 Å². The lowest BCUT2D eigenvalue weighted by atomic mass is 9.68. The van der Waals surface area contributed by atoms with Crippen LogP contribution in [0.5, 0.6) is 0 Å². The highest BCUT2D eigenvalue weighted by Crippen LogP contribution is 2.44. The smallest absolute Gasteiger partial charge is 0.314 e. The number of nitrogens with zero attached hydrogens (tertiary/aromatic N) is 2. The number of amides is 2. The van der Waals surface area contributed by atoms with Crippen LogP contribution in [0.2, 0.25) is 0 Å². The van der Waals surface area contributed by atoms with Crippen molar-refractivity contribution in [3.63, 3.8) is 0 Å². The Hall–Kier alpha value is -2.83. The largest absolute Gasteiger partial charge is 0.463 e. The highest BCUT2D eigenvalue weighted by atomic mass is 79.9. The molecule has 0 aromatic rings. The summed E-state index contributed by atoms with van der Waals surface area (Å²) in [5.41, 5.74) is -7.59. The van der Waals surface area contributed by atoms with Crippen molar-refractivity contribution >= 4 is 73.5 Å². The van der Waals surface area contributed by atoms with Crippen LogP contribution < -0.4 is 10.6 Å². The molecule has 0 aliphatic heterocycles. The van der Waals surface area contributed by atoms with Gasteiger partial charge >= 0.3 is 29.8 Å². The van der Waals surface area contributed by atoms with Gasteiger partial charge in [-0.3, -0.25) is 33.6 Å². The number of quaternary nitrogens is 2. The quantitative estimate of drug-likeness (QED) is 0.0417. The van der Waals surface area contributed by atoms with Crippen LogP contribution in [0, 0.1) is 32.5 Å². The van der Waals surface area contributed by atoms with Gasteiger partial charge in [0.15, 0.2) is 0 Å². The second-order valence-electron chi connectivity index (χ2n) is 20.2. The lowest BCUT2D eigenvalue weighted by Gasteiger charge is -2.39. The molecule has 0 spiro atoms. The first kappa shape index (κ1) is 57.2. The summed E-state index contributed by atoms with van der Waals surface area (Å²) < 4.78 is 28.9. The van der Waals surface area contributed by atoms with E-state index in [1.165, 1.54) is 6.92 Å². The van der Waals surface area contributed by atoms with Crippen LogP contribution in [0.1, 0.15) is 82.6 Å². The third kappa shape index (κ3) is 16.1. The Morgan fingerprint density at radius 3 is 1.18 bits per heavy atom. The summed E-state index contributed by atoms with van der Waals surface area (Å²) in [6, 6.07) is 0. The molecule has 0 heterocycles. The van der Waals surface area contributed by atoms with Gasteiger partial charge in [0, 0.05) is 23.0 Å². The molecule has 0 fully saturated rings. The third-order valence-electron chi connectivity index (χ3n) is 11.5. The van der Waals surface area contributed by atoms with E-state index in [4.69, 9.17) is 23.7 Å². The Labute approximate surface area is 375 Å². The molecule has 18 heteroatoms. The Morgan fingerprint density at radius 2 is 0.867 bits per heavy atom. The molecule has 2 amide bonds. The van der Waals surface area contributed by atoms with Crippen molar-refractivity contribution in [1.29, 1.82) is 0 Å². The minimum Gasteiger partial charge on any atom is -0.463 e. The van der Waals surface area contributed by atoms with Gasteiger partial charge in [-0.05, 0) is 61.8 Å². The summed E-state index contributed by atoms with van der Waals surface area (Å²) in [6.45, 7) is 18.3. The number of carbonyl (C=O) groups excluding carboxylic acids is 7. The second kappa shape index (κ2) is 22.5. The predicted octanol–water partition coefficient (Wildman–Crippen LogP) is 4.03. The molecule has 0 saturated heterocycles. The molecule has 2 N–H and O–H groups in total. The van der Waals surface area contributed by atoms with Crippen molar-refractivity contribution in [2.24, 2.45) is 32.5 Å². The highest BCUT2D eigenvalue weighted by Gasteiger charge is 2.55. The van der Waals surface area contributed by atoms with Gasteiger partial charge in [0.2, 0.25) is 11.8 Å². The van der Waals surface area contributed by atoms with Crippen molar-refractivity contribution in [2.45, 2.75) is 88.7 Å². The summed E-state index contributed by atoms with van der Waals surface area (Å²) in [4.78, 5) is 92.1. The van der Waals surface area contributed by atoms with Crippen LogP contribution in [-0.2, 0) is 57.2 Å². The maximum atomic E-state index is 13.5. The van der Waals surface area contributed by atoms with Gasteiger partial charge in [-0.2, -0.15) is 0 Å². The number of halogens is 2. The average molecular weight is 989 g/mol. The third-order valence-corrected chi connectivity index (χ3v) is 13.7. The fraction of sp³-hybridized carbons (Fsp3) is 0.833. The molecular formula is C42H76Br2N4O12+2. The van der Waals surface area contributed by atoms with Gasteiger partial charge in [-0.15, -0.1) is 0 Å². The molecule has 3 atom stereocenters. The molecule has 60 heavy (non-hydrogen) atoms. The summed E-state index contributed by atoms with van der Waals surface area (Å²) in [6.07, 6.45) is -1.10. The SMILES string of the molecule is CC(=O)OC(CC(C)(C)C(=O)NCCOC(=O)C(C)(C)C(C)(CBr)C(=O)OCC[N+](C)(C)C)C(C)(C)C(=O)NCCOC(=O)C(C)(C)C(C)(CBr)C(=O)OCC[N+](C)(C)C. The van der Waals surface area contributed by atoms with Gasteiger partial charge in [0.1, 0.15) is 45.6 Å². The monoisotopic (exact) mass is 986 g/mol. The fourth-order valence-electron chi connectivity index (χ4n) is 5.34. The van der Waals surface area contributed by atoms with Gasteiger partial charge in [0.25, 0.3) is 0 Å². The maximum absolute atomic E-state index is 13.5. The molecule has 16 nitrogen and oxygen atoms in total. The van der Waals surface area contributed by atoms with Crippen LogP contribution in [0.4, 0.5) is 0 Å². The lowest BCUT2D eigenvalue weighted by molar-refractivity contribution is -0.870.